The van der Waals surface area contributed by atoms with Crippen LogP contribution >= 0.6 is 12.2 Å². The van der Waals surface area contributed by atoms with E-state index < -0.39 is 0 Å². The molecule has 19 heavy (non-hydrogen) atoms. The van der Waals surface area contributed by atoms with Gasteiger partial charge in [-0.2, -0.15) is 0 Å². The van der Waals surface area contributed by atoms with Crippen molar-refractivity contribution in [3.63, 3.8) is 0 Å². The van der Waals surface area contributed by atoms with E-state index in [4.69, 9.17) is 18.0 Å². The van der Waals surface area contributed by atoms with E-state index in [1.807, 2.05) is 13.8 Å². The molecule has 1 heterocycles. The third-order valence-corrected chi connectivity index (χ3v) is 3.08. The Morgan fingerprint density at radius 1 is 1.47 bits per heavy atom. The van der Waals surface area contributed by atoms with E-state index in [0.29, 0.717) is 18.0 Å². The van der Waals surface area contributed by atoms with Crippen LogP contribution in [-0.4, -0.2) is 40.4 Å². The molecule has 3 N–H and O–H groups in total. The molecule has 0 spiro atoms. The number of carbonyl (C=O) groups excluding carboxylic acids is 1. The molecule has 0 aliphatic heterocycles. The first kappa shape index (κ1) is 15.4. The first-order valence-corrected chi connectivity index (χ1v) is 6.76. The fraction of sp³-hybridized carbons (Fsp3) is 0.462. The van der Waals surface area contributed by atoms with Crippen molar-refractivity contribution in [3.8, 4) is 0 Å². The Hall–Kier alpha value is -1.69. The minimum atomic E-state index is 0.137. The van der Waals surface area contributed by atoms with Gasteiger partial charge in [0.1, 0.15) is 4.99 Å². The van der Waals surface area contributed by atoms with Gasteiger partial charge in [0.2, 0.25) is 5.91 Å². The summed E-state index contributed by atoms with van der Waals surface area (Å²) in [5.74, 6) is 0.137. The van der Waals surface area contributed by atoms with Gasteiger partial charge in [0.15, 0.2) is 0 Å². The van der Waals surface area contributed by atoms with Gasteiger partial charge >= 0.3 is 0 Å². The summed E-state index contributed by atoms with van der Waals surface area (Å²) < 4.78 is 0. The molecule has 0 atom stereocenters. The molecular formula is C13H20N4OS. The smallest absolute Gasteiger partial charge is 0.224 e. The number of nitrogens with zero attached hydrogens (tertiary/aromatic N) is 2. The summed E-state index contributed by atoms with van der Waals surface area (Å²) in [7, 11) is 0. The second-order valence-electron chi connectivity index (χ2n) is 4.03. The van der Waals surface area contributed by atoms with E-state index in [2.05, 4.69) is 10.3 Å². The molecule has 1 rings (SSSR count). The fourth-order valence-corrected chi connectivity index (χ4v) is 1.97. The molecule has 6 heteroatoms. The lowest BCUT2D eigenvalue weighted by Crippen LogP contribution is -2.31. The Labute approximate surface area is 119 Å². The molecular weight excluding hydrogens is 260 g/mol. The molecule has 0 unspecified atom stereocenters. The van der Waals surface area contributed by atoms with Gasteiger partial charge in [0.05, 0.1) is 11.9 Å². The third kappa shape index (κ3) is 4.48. The highest BCUT2D eigenvalue weighted by Crippen LogP contribution is 2.13. The molecule has 1 aromatic rings. The zero-order valence-corrected chi connectivity index (χ0v) is 12.2. The monoisotopic (exact) mass is 280 g/mol. The molecule has 0 bridgehead atoms. The molecule has 0 radical (unpaired) electrons. The van der Waals surface area contributed by atoms with Gasteiger partial charge in [-0.05, 0) is 19.9 Å². The standard InChI is InChI=1S/C13H20N4OS/c1-3-17(4-2)12(18)6-8-16-11-9-15-7-5-10(11)13(14)19/h5,7,9,16H,3-4,6,8H2,1-2H3,(H2,14,19). The molecule has 0 aromatic carbocycles. The van der Waals surface area contributed by atoms with Gasteiger partial charge in [-0.25, -0.2) is 0 Å². The van der Waals surface area contributed by atoms with Crippen LogP contribution in [0.15, 0.2) is 18.5 Å². The Bertz CT molecular complexity index is 446. The van der Waals surface area contributed by atoms with Crippen LogP contribution in [0.1, 0.15) is 25.8 Å². The van der Waals surface area contributed by atoms with Gasteiger partial charge in [-0.3, -0.25) is 9.78 Å². The molecule has 0 saturated carbocycles. The van der Waals surface area contributed by atoms with Gasteiger partial charge < -0.3 is 16.0 Å². The van der Waals surface area contributed by atoms with Crippen LogP contribution in [-0.2, 0) is 4.79 Å². The highest BCUT2D eigenvalue weighted by atomic mass is 32.1. The lowest BCUT2D eigenvalue weighted by Gasteiger charge is -2.19. The molecule has 1 aromatic heterocycles. The van der Waals surface area contributed by atoms with E-state index in [1.54, 1.807) is 23.4 Å². The number of nitrogens with one attached hydrogen (secondary N) is 1. The molecule has 5 nitrogen and oxygen atoms in total. The maximum Gasteiger partial charge on any atom is 0.224 e. The van der Waals surface area contributed by atoms with E-state index >= 15 is 0 Å². The number of anilines is 1. The van der Waals surface area contributed by atoms with Gasteiger partial charge in [-0.15, -0.1) is 0 Å². The highest BCUT2D eigenvalue weighted by molar-refractivity contribution is 7.80. The Morgan fingerprint density at radius 3 is 2.74 bits per heavy atom. The van der Waals surface area contributed by atoms with Crippen molar-refractivity contribution in [3.05, 3.63) is 24.0 Å². The van der Waals surface area contributed by atoms with Crippen LogP contribution in [0, 0.1) is 0 Å². The minimum absolute atomic E-state index is 0.137. The lowest BCUT2D eigenvalue weighted by atomic mass is 10.2. The number of carbonyl (C=O) groups is 1. The van der Waals surface area contributed by atoms with Crippen LogP contribution in [0.4, 0.5) is 5.69 Å². The van der Waals surface area contributed by atoms with Crippen LogP contribution in [0.25, 0.3) is 0 Å². The number of hydrogen-bond donors (Lipinski definition) is 2. The number of thiocarbonyl (C=S) groups is 1. The first-order valence-electron chi connectivity index (χ1n) is 6.35. The van der Waals surface area contributed by atoms with Crippen molar-refractivity contribution in [1.29, 1.82) is 0 Å². The normalized spacial score (nSPS) is 10.0. The molecule has 104 valence electrons. The van der Waals surface area contributed by atoms with Crippen molar-refractivity contribution < 1.29 is 4.79 Å². The maximum absolute atomic E-state index is 11.8. The number of nitrogens with two attached hydrogens (primary N) is 1. The molecule has 0 aliphatic rings. The van der Waals surface area contributed by atoms with Gasteiger partial charge in [0.25, 0.3) is 0 Å². The zero-order valence-electron chi connectivity index (χ0n) is 11.3. The second kappa shape index (κ2) is 7.68. The number of aromatic nitrogens is 1. The summed E-state index contributed by atoms with van der Waals surface area (Å²) in [6.45, 7) is 5.96. The minimum Gasteiger partial charge on any atom is -0.389 e. The SMILES string of the molecule is CCN(CC)C(=O)CCNc1cnccc1C(N)=S. The summed E-state index contributed by atoms with van der Waals surface area (Å²) in [4.78, 5) is 18.0. The Kier molecular flexibility index (Phi) is 6.21. The molecule has 0 aliphatic carbocycles. The van der Waals surface area contributed by atoms with Crippen molar-refractivity contribution in [2.45, 2.75) is 20.3 Å². The van der Waals surface area contributed by atoms with Crippen molar-refractivity contribution in [2.75, 3.05) is 25.0 Å². The summed E-state index contributed by atoms with van der Waals surface area (Å²) in [5, 5.41) is 3.15. The van der Waals surface area contributed by atoms with E-state index in [1.165, 1.54) is 0 Å². The van der Waals surface area contributed by atoms with E-state index in [0.717, 1.165) is 24.3 Å². The van der Waals surface area contributed by atoms with Crippen molar-refractivity contribution in [1.82, 2.24) is 9.88 Å². The number of rotatable bonds is 7. The molecule has 1 amide bonds. The van der Waals surface area contributed by atoms with Gasteiger partial charge in [-0.1, -0.05) is 12.2 Å². The molecule has 0 fully saturated rings. The first-order chi connectivity index (χ1) is 9.10. The second-order valence-corrected chi connectivity index (χ2v) is 4.47. The van der Waals surface area contributed by atoms with Crippen molar-refractivity contribution >= 4 is 28.8 Å². The van der Waals surface area contributed by atoms with Crippen LogP contribution < -0.4 is 11.1 Å². The average Bonchev–Trinajstić information content (AvgIpc) is 2.40. The third-order valence-electron chi connectivity index (χ3n) is 2.86. The predicted octanol–water partition coefficient (Wildman–Crippen LogP) is 1.39. The topological polar surface area (TPSA) is 71.2 Å². The number of hydrogen-bond acceptors (Lipinski definition) is 4. The molecule has 0 saturated heterocycles. The van der Waals surface area contributed by atoms with E-state index in [-0.39, 0.29) is 5.91 Å². The summed E-state index contributed by atoms with van der Waals surface area (Å²) in [5.41, 5.74) is 7.14. The quantitative estimate of drug-likeness (QED) is 0.739. The van der Waals surface area contributed by atoms with Gasteiger partial charge in [0, 0.05) is 37.8 Å². The Balaban J connectivity index is 2.54. The predicted molar refractivity (Wildman–Crippen MR) is 81.2 cm³/mol. The maximum atomic E-state index is 11.8. The zero-order chi connectivity index (χ0) is 14.3. The summed E-state index contributed by atoms with van der Waals surface area (Å²) in [6, 6.07) is 1.76. The van der Waals surface area contributed by atoms with E-state index in [9.17, 15) is 4.79 Å². The summed E-state index contributed by atoms with van der Waals surface area (Å²) in [6.07, 6.45) is 3.74. The highest BCUT2D eigenvalue weighted by Gasteiger charge is 2.09. The Morgan fingerprint density at radius 2 is 2.16 bits per heavy atom. The lowest BCUT2D eigenvalue weighted by molar-refractivity contribution is -0.130. The van der Waals surface area contributed by atoms with Crippen LogP contribution in [0.3, 0.4) is 0 Å². The summed E-state index contributed by atoms with van der Waals surface area (Å²) >= 11 is 4.97. The van der Waals surface area contributed by atoms with Crippen LogP contribution in [0.5, 0.6) is 0 Å². The largest absolute Gasteiger partial charge is 0.389 e. The van der Waals surface area contributed by atoms with Crippen molar-refractivity contribution in [2.24, 2.45) is 5.73 Å². The van der Waals surface area contributed by atoms with Crippen LogP contribution in [0.2, 0.25) is 0 Å². The number of pyridine rings is 1. The average molecular weight is 280 g/mol. The fourth-order valence-electron chi connectivity index (χ4n) is 1.79. The number of amides is 1.